The van der Waals surface area contributed by atoms with E-state index in [0.29, 0.717) is 18.8 Å². The lowest BCUT2D eigenvalue weighted by molar-refractivity contribution is 0.0224. The first-order chi connectivity index (χ1) is 12.8. The van der Waals surface area contributed by atoms with Crippen LogP contribution in [0, 0.1) is 0 Å². The second kappa shape index (κ2) is 7.30. The second-order valence-corrected chi connectivity index (χ2v) is 7.29. The molecular weight excluding hydrogens is 348 g/mol. The molecule has 0 atom stereocenters. The topological polar surface area (TPSA) is 99.8 Å². The van der Waals surface area contributed by atoms with Crippen LogP contribution in [0.15, 0.2) is 24.5 Å². The third-order valence-electron chi connectivity index (χ3n) is 4.06. The Labute approximate surface area is 158 Å². The van der Waals surface area contributed by atoms with E-state index >= 15 is 0 Å². The lowest BCUT2D eigenvalue weighted by Gasteiger charge is -2.31. The number of hydrogen-bond donors (Lipinski definition) is 1. The number of carbonyl (C=O) groups excluding carboxylic acids is 1. The summed E-state index contributed by atoms with van der Waals surface area (Å²) in [5, 5.41) is 0. The molecule has 27 heavy (non-hydrogen) atoms. The Morgan fingerprint density at radius 3 is 2.63 bits per heavy atom. The smallest absolute Gasteiger partial charge is 0.410 e. The van der Waals surface area contributed by atoms with Gasteiger partial charge >= 0.3 is 6.09 Å². The number of carbonyl (C=O) groups is 1. The summed E-state index contributed by atoms with van der Waals surface area (Å²) in [7, 11) is 1.48. The van der Waals surface area contributed by atoms with E-state index < -0.39 is 5.60 Å². The summed E-state index contributed by atoms with van der Waals surface area (Å²) < 4.78 is 16.4. The number of fused-ring (bicyclic) bond motifs is 1. The maximum absolute atomic E-state index is 12.3. The predicted molar refractivity (Wildman–Crippen MR) is 99.9 cm³/mol. The standard InChI is InChI=1S/C19H24N4O4/c1-19(2,3)27-18(24)23-8-7-12-5-6-14(9-13(12)10-23)26-17-15(20)16(25-4)21-11-22-17/h5-6,9,11H,7-8,10,20H2,1-4H3. The van der Waals surface area contributed by atoms with Crippen LogP contribution in [0.25, 0.3) is 0 Å². The van der Waals surface area contributed by atoms with Gasteiger partial charge in [0.05, 0.1) is 7.11 Å². The highest BCUT2D eigenvalue weighted by Crippen LogP contribution is 2.32. The molecule has 8 heteroatoms. The van der Waals surface area contributed by atoms with Gasteiger partial charge in [0.15, 0.2) is 5.69 Å². The van der Waals surface area contributed by atoms with Gasteiger partial charge in [-0.2, -0.15) is 9.97 Å². The molecule has 0 fully saturated rings. The summed E-state index contributed by atoms with van der Waals surface area (Å²) >= 11 is 0. The molecule has 1 aromatic carbocycles. The Bertz CT molecular complexity index is 848. The van der Waals surface area contributed by atoms with Crippen LogP contribution in [-0.2, 0) is 17.7 Å². The maximum Gasteiger partial charge on any atom is 0.410 e. The Kier molecular flexibility index (Phi) is 5.07. The van der Waals surface area contributed by atoms with Crippen LogP contribution in [0.2, 0.25) is 0 Å². The molecule has 0 saturated heterocycles. The van der Waals surface area contributed by atoms with Gasteiger partial charge in [-0.25, -0.2) is 4.79 Å². The monoisotopic (exact) mass is 372 g/mol. The number of nitrogens with two attached hydrogens (primary N) is 1. The van der Waals surface area contributed by atoms with Gasteiger partial charge in [0.25, 0.3) is 0 Å². The van der Waals surface area contributed by atoms with Crippen molar-refractivity contribution in [2.24, 2.45) is 0 Å². The average Bonchev–Trinajstić information content (AvgIpc) is 2.61. The van der Waals surface area contributed by atoms with Crippen LogP contribution in [0.5, 0.6) is 17.5 Å². The van der Waals surface area contributed by atoms with Crippen molar-refractivity contribution < 1.29 is 19.0 Å². The minimum atomic E-state index is -0.522. The number of amides is 1. The summed E-state index contributed by atoms with van der Waals surface area (Å²) in [6.45, 7) is 6.65. The highest BCUT2D eigenvalue weighted by Gasteiger charge is 2.26. The summed E-state index contributed by atoms with van der Waals surface area (Å²) in [4.78, 5) is 22.0. The minimum absolute atomic E-state index is 0.224. The Morgan fingerprint density at radius 2 is 1.93 bits per heavy atom. The van der Waals surface area contributed by atoms with Gasteiger partial charge in [-0.3, -0.25) is 0 Å². The van der Waals surface area contributed by atoms with Crippen LogP contribution < -0.4 is 15.2 Å². The maximum atomic E-state index is 12.3. The molecule has 1 amide bonds. The molecule has 2 N–H and O–H groups in total. The van der Waals surface area contributed by atoms with E-state index in [1.54, 1.807) is 4.90 Å². The first kappa shape index (κ1) is 18.8. The Hall–Kier alpha value is -3.03. The fraction of sp³-hybridized carbons (Fsp3) is 0.421. The number of aromatic nitrogens is 2. The first-order valence-corrected chi connectivity index (χ1v) is 8.69. The van der Waals surface area contributed by atoms with Crippen molar-refractivity contribution in [3.05, 3.63) is 35.7 Å². The molecule has 144 valence electrons. The summed E-state index contributed by atoms with van der Waals surface area (Å²) in [5.74, 6) is 1.06. The summed E-state index contributed by atoms with van der Waals surface area (Å²) in [6.07, 6.45) is 1.77. The molecule has 3 rings (SSSR count). The molecule has 1 aliphatic rings. The molecule has 0 aliphatic carbocycles. The quantitative estimate of drug-likeness (QED) is 0.883. The lowest BCUT2D eigenvalue weighted by Crippen LogP contribution is -2.39. The summed E-state index contributed by atoms with van der Waals surface area (Å²) in [5.41, 5.74) is 7.84. The van der Waals surface area contributed by atoms with Crippen molar-refractivity contribution in [3.8, 4) is 17.5 Å². The minimum Gasteiger partial charge on any atom is -0.479 e. The number of benzene rings is 1. The molecule has 1 aromatic heterocycles. The number of rotatable bonds is 3. The SMILES string of the molecule is COc1ncnc(Oc2ccc3c(c2)CN(C(=O)OC(C)(C)C)CC3)c1N. The zero-order valence-electron chi connectivity index (χ0n) is 16.0. The van der Waals surface area contributed by atoms with Crippen molar-refractivity contribution in [2.45, 2.75) is 39.3 Å². The molecule has 0 bridgehead atoms. The van der Waals surface area contributed by atoms with Gasteiger partial charge < -0.3 is 24.8 Å². The third kappa shape index (κ3) is 4.39. The number of anilines is 1. The molecule has 0 unspecified atom stereocenters. The van der Waals surface area contributed by atoms with Crippen LogP contribution in [0.4, 0.5) is 10.5 Å². The molecule has 0 spiro atoms. The number of ether oxygens (including phenoxy) is 3. The van der Waals surface area contributed by atoms with Crippen molar-refractivity contribution in [1.82, 2.24) is 14.9 Å². The largest absolute Gasteiger partial charge is 0.479 e. The molecule has 2 heterocycles. The van der Waals surface area contributed by atoms with E-state index in [2.05, 4.69) is 9.97 Å². The van der Waals surface area contributed by atoms with Crippen LogP contribution >= 0.6 is 0 Å². The predicted octanol–water partition coefficient (Wildman–Crippen LogP) is 3.15. The average molecular weight is 372 g/mol. The highest BCUT2D eigenvalue weighted by molar-refractivity contribution is 5.68. The van der Waals surface area contributed by atoms with Crippen molar-refractivity contribution in [3.63, 3.8) is 0 Å². The zero-order valence-corrected chi connectivity index (χ0v) is 16.0. The van der Waals surface area contributed by atoms with Gasteiger partial charge in [0.2, 0.25) is 11.8 Å². The Balaban J connectivity index is 1.77. The van der Waals surface area contributed by atoms with Crippen LogP contribution in [-0.4, -0.2) is 40.2 Å². The third-order valence-corrected chi connectivity index (χ3v) is 4.06. The summed E-state index contributed by atoms with van der Waals surface area (Å²) in [6, 6.07) is 5.74. The molecule has 0 saturated carbocycles. The number of hydrogen-bond acceptors (Lipinski definition) is 7. The first-order valence-electron chi connectivity index (χ1n) is 8.69. The van der Waals surface area contributed by atoms with Crippen molar-refractivity contribution in [2.75, 3.05) is 19.4 Å². The van der Waals surface area contributed by atoms with Gasteiger partial charge in [-0.15, -0.1) is 0 Å². The molecule has 8 nitrogen and oxygen atoms in total. The van der Waals surface area contributed by atoms with E-state index in [0.717, 1.165) is 12.0 Å². The van der Waals surface area contributed by atoms with Crippen molar-refractivity contribution in [1.29, 1.82) is 0 Å². The zero-order chi connectivity index (χ0) is 19.6. The highest BCUT2D eigenvalue weighted by atomic mass is 16.6. The van der Waals surface area contributed by atoms with Gasteiger partial charge in [0, 0.05) is 13.1 Å². The molecule has 0 radical (unpaired) electrons. The van der Waals surface area contributed by atoms with E-state index in [1.165, 1.54) is 19.0 Å². The fourth-order valence-corrected chi connectivity index (χ4v) is 2.80. The van der Waals surface area contributed by atoms with Gasteiger partial charge in [0.1, 0.15) is 17.7 Å². The van der Waals surface area contributed by atoms with Crippen molar-refractivity contribution >= 4 is 11.8 Å². The van der Waals surface area contributed by atoms with Crippen LogP contribution in [0.1, 0.15) is 31.9 Å². The molecule has 1 aliphatic heterocycles. The van der Waals surface area contributed by atoms with E-state index in [4.69, 9.17) is 19.9 Å². The van der Waals surface area contributed by atoms with Crippen LogP contribution in [0.3, 0.4) is 0 Å². The second-order valence-electron chi connectivity index (χ2n) is 7.29. The molecular formula is C19H24N4O4. The Morgan fingerprint density at radius 1 is 1.19 bits per heavy atom. The fourth-order valence-electron chi connectivity index (χ4n) is 2.80. The number of nitrogens with zero attached hydrogens (tertiary/aromatic N) is 3. The van der Waals surface area contributed by atoms with E-state index in [1.807, 2.05) is 39.0 Å². The number of nitrogen functional groups attached to an aromatic ring is 1. The molecule has 2 aromatic rings. The lowest BCUT2D eigenvalue weighted by atomic mass is 10.00. The van der Waals surface area contributed by atoms with E-state index in [-0.39, 0.29) is 23.5 Å². The number of methoxy groups -OCH3 is 1. The van der Waals surface area contributed by atoms with Gasteiger partial charge in [-0.05, 0) is 50.5 Å². The normalized spacial score (nSPS) is 13.7. The van der Waals surface area contributed by atoms with E-state index in [9.17, 15) is 4.79 Å². The van der Waals surface area contributed by atoms with Gasteiger partial charge in [-0.1, -0.05) is 6.07 Å².